The summed E-state index contributed by atoms with van der Waals surface area (Å²) in [6, 6.07) is 0. The van der Waals surface area contributed by atoms with Crippen LogP contribution in [0.15, 0.2) is 22.5 Å². The Morgan fingerprint density at radius 1 is 1.30 bits per heavy atom. The highest BCUT2D eigenvalue weighted by Crippen LogP contribution is 2.47. The molecule has 4 heteroatoms. The monoisotopic (exact) mass is 317 g/mol. The molecular formula is C19H27NO3. The van der Waals surface area contributed by atoms with Crippen molar-refractivity contribution in [3.63, 3.8) is 0 Å². The number of hydrogen-bond acceptors (Lipinski definition) is 4. The Balaban J connectivity index is 1.99. The number of rotatable bonds is 4. The first kappa shape index (κ1) is 16.3. The largest absolute Gasteiger partial charge is 0.463 e. The Kier molecular flexibility index (Phi) is 4.11. The van der Waals surface area contributed by atoms with Gasteiger partial charge in [-0.25, -0.2) is 4.79 Å². The molecule has 0 saturated heterocycles. The highest BCUT2D eigenvalue weighted by Gasteiger charge is 2.44. The van der Waals surface area contributed by atoms with Gasteiger partial charge >= 0.3 is 5.97 Å². The van der Waals surface area contributed by atoms with E-state index >= 15 is 0 Å². The van der Waals surface area contributed by atoms with E-state index in [9.17, 15) is 9.59 Å². The van der Waals surface area contributed by atoms with Gasteiger partial charge in [-0.2, -0.15) is 0 Å². The van der Waals surface area contributed by atoms with E-state index in [0.29, 0.717) is 24.5 Å². The first-order valence-electron chi connectivity index (χ1n) is 8.73. The van der Waals surface area contributed by atoms with E-state index in [0.717, 1.165) is 29.8 Å². The van der Waals surface area contributed by atoms with Gasteiger partial charge in [0.15, 0.2) is 5.78 Å². The molecule has 0 amide bonds. The molecule has 0 spiro atoms. The summed E-state index contributed by atoms with van der Waals surface area (Å²) in [5.41, 5.74) is 3.39. The summed E-state index contributed by atoms with van der Waals surface area (Å²) in [4.78, 5) is 25.3. The van der Waals surface area contributed by atoms with E-state index in [1.54, 1.807) is 0 Å². The predicted octanol–water partition coefficient (Wildman–Crippen LogP) is 3.49. The van der Waals surface area contributed by atoms with E-state index in [1.165, 1.54) is 12.8 Å². The quantitative estimate of drug-likeness (QED) is 0.807. The lowest BCUT2D eigenvalue weighted by Gasteiger charge is -2.39. The van der Waals surface area contributed by atoms with Gasteiger partial charge in [-0.3, -0.25) is 4.79 Å². The van der Waals surface area contributed by atoms with Crippen molar-refractivity contribution in [3.8, 4) is 0 Å². The van der Waals surface area contributed by atoms with Crippen molar-refractivity contribution < 1.29 is 14.3 Å². The second-order valence-corrected chi connectivity index (χ2v) is 7.95. The number of Topliss-reactive ketones (excluding diaryl/α,β-unsaturated/α-hetero) is 1. The molecule has 1 unspecified atom stereocenters. The normalized spacial score (nSPS) is 26.8. The summed E-state index contributed by atoms with van der Waals surface area (Å²) in [7, 11) is 0. The zero-order chi connectivity index (χ0) is 16.8. The lowest BCUT2D eigenvalue weighted by atomic mass is 9.69. The van der Waals surface area contributed by atoms with Crippen molar-refractivity contribution in [2.75, 3.05) is 6.61 Å². The predicted molar refractivity (Wildman–Crippen MR) is 88.3 cm³/mol. The summed E-state index contributed by atoms with van der Waals surface area (Å²) in [6.07, 6.45) is 4.74. The number of carbonyl (C=O) groups excluding carboxylic acids is 2. The third-order valence-corrected chi connectivity index (χ3v) is 5.12. The number of esters is 1. The molecular weight excluding hydrogens is 290 g/mol. The Bertz CT molecular complexity index is 608. The van der Waals surface area contributed by atoms with Gasteiger partial charge in [0.05, 0.1) is 12.2 Å². The average Bonchev–Trinajstić information content (AvgIpc) is 3.20. The summed E-state index contributed by atoms with van der Waals surface area (Å²) in [5, 5.41) is 3.35. The maximum atomic E-state index is 12.8. The zero-order valence-corrected chi connectivity index (χ0v) is 14.6. The van der Waals surface area contributed by atoms with E-state index in [-0.39, 0.29) is 23.1 Å². The fraction of sp³-hybridized carbons (Fsp3) is 0.684. The molecule has 1 atom stereocenters. The Morgan fingerprint density at radius 2 is 2.00 bits per heavy atom. The van der Waals surface area contributed by atoms with Crippen molar-refractivity contribution in [2.45, 2.75) is 59.8 Å². The standard InChI is InChI=1S/C19H27NO3/c1-5-23-18(22)16-11(2)20-14-9-19(3,4)10-15(21)17(14)13(16)8-12-6-7-12/h12-13,20H,5-10H2,1-4H3. The van der Waals surface area contributed by atoms with Crippen molar-refractivity contribution in [3.05, 3.63) is 22.5 Å². The van der Waals surface area contributed by atoms with E-state index < -0.39 is 0 Å². The van der Waals surface area contributed by atoms with Gasteiger partial charge in [-0.15, -0.1) is 0 Å². The van der Waals surface area contributed by atoms with E-state index in [4.69, 9.17) is 4.74 Å². The molecule has 1 N–H and O–H groups in total. The van der Waals surface area contributed by atoms with Crippen LogP contribution in [0.3, 0.4) is 0 Å². The SMILES string of the molecule is CCOC(=O)C1=C(C)NC2=C(C(=O)CC(C)(C)C2)C1CC1CC1. The van der Waals surface area contributed by atoms with E-state index in [1.807, 2.05) is 13.8 Å². The molecule has 126 valence electrons. The smallest absolute Gasteiger partial charge is 0.336 e. The molecule has 1 fully saturated rings. The highest BCUT2D eigenvalue weighted by molar-refractivity contribution is 6.02. The Labute approximate surface area is 138 Å². The van der Waals surface area contributed by atoms with Gasteiger partial charge in [0.25, 0.3) is 0 Å². The fourth-order valence-corrected chi connectivity index (χ4v) is 3.98. The minimum Gasteiger partial charge on any atom is -0.463 e. The topological polar surface area (TPSA) is 55.4 Å². The van der Waals surface area contributed by atoms with Gasteiger partial charge in [-0.05, 0) is 38.0 Å². The van der Waals surface area contributed by atoms with Crippen LogP contribution in [0.25, 0.3) is 0 Å². The van der Waals surface area contributed by atoms with Crippen molar-refractivity contribution in [1.82, 2.24) is 5.32 Å². The maximum absolute atomic E-state index is 12.8. The minimum absolute atomic E-state index is 0.0191. The van der Waals surface area contributed by atoms with Crippen LogP contribution in [0.5, 0.6) is 0 Å². The molecule has 1 aliphatic heterocycles. The van der Waals surface area contributed by atoms with Crippen LogP contribution in [0.1, 0.15) is 59.8 Å². The molecule has 23 heavy (non-hydrogen) atoms. The molecule has 0 radical (unpaired) electrons. The molecule has 0 aromatic carbocycles. The summed E-state index contributed by atoms with van der Waals surface area (Å²) in [6.45, 7) is 8.37. The van der Waals surface area contributed by atoms with Crippen molar-refractivity contribution in [1.29, 1.82) is 0 Å². The van der Waals surface area contributed by atoms with Gasteiger partial charge in [0.1, 0.15) is 0 Å². The minimum atomic E-state index is -0.271. The molecule has 4 nitrogen and oxygen atoms in total. The number of allylic oxidation sites excluding steroid dienone is 3. The summed E-state index contributed by atoms with van der Waals surface area (Å²) < 4.78 is 5.27. The van der Waals surface area contributed by atoms with Crippen LogP contribution >= 0.6 is 0 Å². The average molecular weight is 317 g/mol. The summed E-state index contributed by atoms with van der Waals surface area (Å²) >= 11 is 0. The second kappa shape index (κ2) is 5.81. The van der Waals surface area contributed by atoms with Gasteiger partial charge in [0, 0.05) is 29.3 Å². The fourth-order valence-electron chi connectivity index (χ4n) is 3.98. The molecule has 3 aliphatic rings. The number of ether oxygens (including phenoxy) is 1. The third-order valence-electron chi connectivity index (χ3n) is 5.12. The molecule has 0 aromatic heterocycles. The summed E-state index contributed by atoms with van der Waals surface area (Å²) in [5.74, 6) is 0.490. The lowest BCUT2D eigenvalue weighted by molar-refractivity contribution is -0.139. The molecule has 1 heterocycles. The van der Waals surface area contributed by atoms with Crippen LogP contribution < -0.4 is 5.32 Å². The zero-order valence-electron chi connectivity index (χ0n) is 14.6. The number of dihydropyridines is 1. The van der Waals surface area contributed by atoms with Crippen LogP contribution in [0.4, 0.5) is 0 Å². The Morgan fingerprint density at radius 3 is 2.61 bits per heavy atom. The van der Waals surface area contributed by atoms with Gasteiger partial charge in [-0.1, -0.05) is 26.7 Å². The number of carbonyl (C=O) groups is 2. The van der Waals surface area contributed by atoms with Crippen molar-refractivity contribution >= 4 is 11.8 Å². The van der Waals surface area contributed by atoms with Gasteiger partial charge < -0.3 is 10.1 Å². The molecule has 2 aliphatic carbocycles. The third kappa shape index (κ3) is 3.22. The van der Waals surface area contributed by atoms with Crippen LogP contribution in [0.2, 0.25) is 0 Å². The first-order chi connectivity index (χ1) is 10.8. The van der Waals surface area contributed by atoms with Crippen LogP contribution in [-0.4, -0.2) is 18.4 Å². The van der Waals surface area contributed by atoms with Gasteiger partial charge in [0.2, 0.25) is 0 Å². The number of ketones is 1. The molecule has 0 aromatic rings. The van der Waals surface area contributed by atoms with Crippen LogP contribution in [-0.2, 0) is 14.3 Å². The molecule has 1 saturated carbocycles. The van der Waals surface area contributed by atoms with Crippen LogP contribution in [0, 0.1) is 17.3 Å². The second-order valence-electron chi connectivity index (χ2n) is 7.95. The lowest BCUT2D eigenvalue weighted by Crippen LogP contribution is -2.39. The maximum Gasteiger partial charge on any atom is 0.336 e. The first-order valence-corrected chi connectivity index (χ1v) is 8.73. The van der Waals surface area contributed by atoms with Crippen molar-refractivity contribution in [2.24, 2.45) is 17.3 Å². The highest BCUT2D eigenvalue weighted by atomic mass is 16.5. The molecule has 3 rings (SSSR count). The Hall–Kier alpha value is -1.58. The van der Waals surface area contributed by atoms with E-state index in [2.05, 4.69) is 19.2 Å². The number of hydrogen-bond donors (Lipinski definition) is 1. The molecule has 0 bridgehead atoms. The number of nitrogens with one attached hydrogen (secondary N) is 1.